The molecule has 0 N–H and O–H groups in total. The normalized spacial score (nSPS) is 15.2. The van der Waals surface area contributed by atoms with E-state index in [4.69, 9.17) is 4.74 Å². The van der Waals surface area contributed by atoms with Gasteiger partial charge >= 0.3 is 5.97 Å². The topological polar surface area (TPSA) is 35.5 Å². The summed E-state index contributed by atoms with van der Waals surface area (Å²) in [5, 5.41) is 0. The third kappa shape index (κ3) is 2.35. The first-order valence-corrected chi connectivity index (χ1v) is 3.35. The minimum Gasteiger partial charge on any atom is -0.467 e. The van der Waals surface area contributed by atoms with Gasteiger partial charge in [0.1, 0.15) is 0 Å². The summed E-state index contributed by atoms with van der Waals surface area (Å²) in [6, 6.07) is 0. The predicted octanol–water partition coefficient (Wildman–Crippen LogP) is 1.14. The van der Waals surface area contributed by atoms with Crippen LogP contribution in [0.15, 0.2) is 12.7 Å². The molecule has 0 bridgehead atoms. The molecule has 1 atom stereocenters. The zero-order valence-corrected chi connectivity index (χ0v) is 7.22. The molecule has 0 aliphatic heterocycles. The van der Waals surface area contributed by atoms with Gasteiger partial charge in [0.05, 0.1) is 7.11 Å². The van der Waals surface area contributed by atoms with Gasteiger partial charge in [-0.3, -0.25) is 0 Å². The Hall–Kier alpha value is -0.830. The summed E-state index contributed by atoms with van der Waals surface area (Å²) in [5.74, 6) is -0.375. The second-order valence-electron chi connectivity index (χ2n) is 2.42. The third-order valence-corrected chi connectivity index (χ3v) is 1.60. The molecule has 0 spiro atoms. The Morgan fingerprint density at radius 1 is 1.64 bits per heavy atom. The average Bonchev–Trinajstić information content (AvgIpc) is 2.03. The van der Waals surface area contributed by atoms with Crippen LogP contribution >= 0.6 is 0 Å². The van der Waals surface area contributed by atoms with E-state index in [1.807, 2.05) is 0 Å². The lowest BCUT2D eigenvalue weighted by molar-refractivity contribution is -0.163. The molecule has 0 aliphatic carbocycles. The molecule has 0 saturated carbocycles. The van der Waals surface area contributed by atoms with Crippen molar-refractivity contribution in [2.24, 2.45) is 0 Å². The number of esters is 1. The second kappa shape index (κ2) is 4.13. The van der Waals surface area contributed by atoms with Crippen LogP contribution in [0.3, 0.4) is 0 Å². The van der Waals surface area contributed by atoms with Crippen LogP contribution in [-0.2, 0) is 14.3 Å². The Bertz CT molecular complexity index is 153. The number of methoxy groups -OCH3 is 2. The summed E-state index contributed by atoms with van der Waals surface area (Å²) >= 11 is 0. The van der Waals surface area contributed by atoms with E-state index in [0.29, 0.717) is 6.42 Å². The van der Waals surface area contributed by atoms with Crippen molar-refractivity contribution in [1.29, 1.82) is 0 Å². The van der Waals surface area contributed by atoms with E-state index in [9.17, 15) is 4.79 Å². The van der Waals surface area contributed by atoms with E-state index in [2.05, 4.69) is 11.3 Å². The lowest BCUT2D eigenvalue weighted by Gasteiger charge is -2.22. The first kappa shape index (κ1) is 10.2. The third-order valence-electron chi connectivity index (χ3n) is 1.60. The highest BCUT2D eigenvalue weighted by Gasteiger charge is 2.32. The van der Waals surface area contributed by atoms with Gasteiger partial charge < -0.3 is 9.47 Å². The van der Waals surface area contributed by atoms with Crippen molar-refractivity contribution in [2.45, 2.75) is 18.9 Å². The van der Waals surface area contributed by atoms with Gasteiger partial charge in [-0.05, 0) is 6.92 Å². The number of carbonyl (C=O) groups is 1. The summed E-state index contributed by atoms with van der Waals surface area (Å²) in [6.07, 6.45) is 2.08. The lowest BCUT2D eigenvalue weighted by atomic mass is 10.0. The molecule has 0 radical (unpaired) electrons. The van der Waals surface area contributed by atoms with Gasteiger partial charge in [-0.2, -0.15) is 0 Å². The first-order valence-electron chi connectivity index (χ1n) is 3.35. The summed E-state index contributed by atoms with van der Waals surface area (Å²) in [6.45, 7) is 5.19. The van der Waals surface area contributed by atoms with E-state index in [1.54, 1.807) is 13.0 Å². The van der Waals surface area contributed by atoms with Crippen molar-refractivity contribution in [3.63, 3.8) is 0 Å². The molecular weight excluding hydrogens is 144 g/mol. The van der Waals surface area contributed by atoms with Crippen molar-refractivity contribution in [2.75, 3.05) is 14.2 Å². The van der Waals surface area contributed by atoms with Crippen LogP contribution < -0.4 is 0 Å². The Kier molecular flexibility index (Phi) is 3.82. The van der Waals surface area contributed by atoms with E-state index in [0.717, 1.165) is 0 Å². The highest BCUT2D eigenvalue weighted by molar-refractivity contribution is 5.79. The van der Waals surface area contributed by atoms with Gasteiger partial charge in [-0.25, -0.2) is 4.79 Å². The molecule has 0 saturated heterocycles. The largest absolute Gasteiger partial charge is 0.467 e. The number of ether oxygens (including phenoxy) is 2. The highest BCUT2D eigenvalue weighted by atomic mass is 16.6. The smallest absolute Gasteiger partial charge is 0.338 e. The average molecular weight is 158 g/mol. The number of hydrogen-bond acceptors (Lipinski definition) is 3. The molecule has 3 heteroatoms. The van der Waals surface area contributed by atoms with Gasteiger partial charge in [0, 0.05) is 13.5 Å². The zero-order valence-electron chi connectivity index (χ0n) is 7.22. The molecule has 11 heavy (non-hydrogen) atoms. The Labute approximate surface area is 67.0 Å². The van der Waals surface area contributed by atoms with E-state index in [-0.39, 0.29) is 5.97 Å². The van der Waals surface area contributed by atoms with Crippen molar-refractivity contribution in [3.05, 3.63) is 12.7 Å². The molecule has 0 aromatic heterocycles. The summed E-state index contributed by atoms with van der Waals surface area (Å²) in [7, 11) is 2.81. The molecule has 0 aromatic rings. The van der Waals surface area contributed by atoms with Crippen LogP contribution in [0, 0.1) is 0 Å². The minimum atomic E-state index is -0.878. The Morgan fingerprint density at radius 3 is 2.45 bits per heavy atom. The maximum atomic E-state index is 11.1. The highest BCUT2D eigenvalue weighted by Crippen LogP contribution is 2.16. The maximum absolute atomic E-state index is 11.1. The summed E-state index contributed by atoms with van der Waals surface area (Å²) in [5.41, 5.74) is -0.878. The maximum Gasteiger partial charge on any atom is 0.338 e. The van der Waals surface area contributed by atoms with E-state index >= 15 is 0 Å². The van der Waals surface area contributed by atoms with Gasteiger partial charge in [0.15, 0.2) is 5.60 Å². The van der Waals surface area contributed by atoms with Gasteiger partial charge in [0.2, 0.25) is 0 Å². The van der Waals surface area contributed by atoms with Crippen molar-refractivity contribution in [3.8, 4) is 0 Å². The van der Waals surface area contributed by atoms with E-state index in [1.165, 1.54) is 14.2 Å². The predicted molar refractivity (Wildman–Crippen MR) is 42.2 cm³/mol. The molecule has 0 aromatic carbocycles. The molecular formula is C8H14O3. The molecule has 0 fully saturated rings. The van der Waals surface area contributed by atoms with E-state index < -0.39 is 5.60 Å². The molecule has 3 nitrogen and oxygen atoms in total. The molecule has 0 aliphatic rings. The summed E-state index contributed by atoms with van der Waals surface area (Å²) < 4.78 is 9.53. The first-order chi connectivity index (χ1) is 5.10. The molecule has 0 rings (SSSR count). The van der Waals surface area contributed by atoms with Crippen molar-refractivity contribution >= 4 is 5.97 Å². The Balaban J connectivity index is 4.31. The van der Waals surface area contributed by atoms with Gasteiger partial charge in [0.25, 0.3) is 0 Å². The molecule has 0 amide bonds. The quantitative estimate of drug-likeness (QED) is 0.454. The van der Waals surface area contributed by atoms with Gasteiger partial charge in [-0.1, -0.05) is 6.08 Å². The molecule has 0 unspecified atom stereocenters. The standard InChI is InChI=1S/C8H14O3/c1-5-6-8(2,11-4)7(9)10-3/h5H,1,6H2,2-4H3/t8-/m1/s1. The van der Waals surface area contributed by atoms with Crippen LogP contribution in [0.5, 0.6) is 0 Å². The van der Waals surface area contributed by atoms with Crippen molar-refractivity contribution < 1.29 is 14.3 Å². The number of carbonyl (C=O) groups excluding carboxylic acids is 1. The minimum absolute atomic E-state index is 0.375. The zero-order chi connectivity index (χ0) is 8.91. The van der Waals surface area contributed by atoms with Crippen LogP contribution in [0.1, 0.15) is 13.3 Å². The fraction of sp³-hybridized carbons (Fsp3) is 0.625. The van der Waals surface area contributed by atoms with Crippen molar-refractivity contribution in [1.82, 2.24) is 0 Å². The monoisotopic (exact) mass is 158 g/mol. The number of hydrogen-bond donors (Lipinski definition) is 0. The Morgan fingerprint density at radius 2 is 2.18 bits per heavy atom. The van der Waals surface area contributed by atoms with Crippen LogP contribution in [0.2, 0.25) is 0 Å². The van der Waals surface area contributed by atoms with Crippen LogP contribution in [0.25, 0.3) is 0 Å². The number of rotatable bonds is 4. The summed E-state index contributed by atoms with van der Waals surface area (Å²) in [4.78, 5) is 11.1. The van der Waals surface area contributed by atoms with Crippen LogP contribution in [-0.4, -0.2) is 25.8 Å². The fourth-order valence-corrected chi connectivity index (χ4v) is 0.741. The lowest BCUT2D eigenvalue weighted by Crippen LogP contribution is -2.37. The molecule has 64 valence electrons. The van der Waals surface area contributed by atoms with Crippen LogP contribution in [0.4, 0.5) is 0 Å². The molecule has 0 heterocycles. The fourth-order valence-electron chi connectivity index (χ4n) is 0.741. The second-order valence-corrected chi connectivity index (χ2v) is 2.42. The van der Waals surface area contributed by atoms with Gasteiger partial charge in [-0.15, -0.1) is 6.58 Å². The SMILES string of the molecule is C=CC[C@@](C)(OC)C(=O)OC.